The SMILES string of the molecule is CN(C)CCN(CC1CCCN(C2Cc3ccccc3C2)C1)C(=O)c1ccc2c([N+](=O)[O-])ccc(O)c2n1. The maximum absolute atomic E-state index is 13.7. The molecule has 0 spiro atoms. The number of phenols is 1. The third-order valence-electron chi connectivity index (χ3n) is 7.91. The van der Waals surface area contributed by atoms with Gasteiger partial charge in [0, 0.05) is 38.3 Å². The van der Waals surface area contributed by atoms with Crippen molar-refractivity contribution in [3.8, 4) is 5.75 Å². The lowest BCUT2D eigenvalue weighted by molar-refractivity contribution is -0.383. The first-order valence-corrected chi connectivity index (χ1v) is 13.3. The van der Waals surface area contributed by atoms with Crippen LogP contribution >= 0.6 is 0 Å². The van der Waals surface area contributed by atoms with Crippen molar-refractivity contribution in [2.75, 3.05) is 46.8 Å². The third-order valence-corrected chi connectivity index (χ3v) is 7.91. The molecular formula is C29H35N5O4. The predicted octanol–water partition coefficient (Wildman–Crippen LogP) is 3.73. The number of likely N-dealkylation sites (N-methyl/N-ethyl adjacent to an activating group) is 1. The molecule has 9 nitrogen and oxygen atoms in total. The van der Waals surface area contributed by atoms with Crippen LogP contribution in [0.25, 0.3) is 10.9 Å². The van der Waals surface area contributed by atoms with Crippen molar-refractivity contribution in [2.24, 2.45) is 5.92 Å². The Morgan fingerprint density at radius 1 is 1.11 bits per heavy atom. The van der Waals surface area contributed by atoms with E-state index in [4.69, 9.17) is 0 Å². The summed E-state index contributed by atoms with van der Waals surface area (Å²) in [6.45, 7) is 3.94. The second-order valence-electron chi connectivity index (χ2n) is 10.8. The maximum atomic E-state index is 13.7. The van der Waals surface area contributed by atoms with Crippen LogP contribution in [0, 0.1) is 16.0 Å². The number of nitrogens with zero attached hydrogens (tertiary/aromatic N) is 5. The number of aromatic nitrogens is 1. The fraction of sp³-hybridized carbons (Fsp3) is 0.448. The Morgan fingerprint density at radius 2 is 1.84 bits per heavy atom. The molecule has 5 rings (SSSR count). The number of non-ortho nitro benzene ring substituents is 1. The lowest BCUT2D eigenvalue weighted by Gasteiger charge is -2.39. The fourth-order valence-corrected chi connectivity index (χ4v) is 5.91. The Labute approximate surface area is 222 Å². The first-order valence-electron chi connectivity index (χ1n) is 13.3. The summed E-state index contributed by atoms with van der Waals surface area (Å²) >= 11 is 0. The Kier molecular flexibility index (Phi) is 7.58. The highest BCUT2D eigenvalue weighted by atomic mass is 16.6. The Bertz CT molecular complexity index is 1320. The molecule has 1 atom stereocenters. The van der Waals surface area contributed by atoms with Crippen molar-refractivity contribution < 1.29 is 14.8 Å². The molecule has 3 aromatic rings. The first kappa shape index (κ1) is 26.1. The van der Waals surface area contributed by atoms with Gasteiger partial charge in [-0.2, -0.15) is 0 Å². The number of carbonyl (C=O) groups excluding carboxylic acids is 1. The van der Waals surface area contributed by atoms with Gasteiger partial charge in [-0.25, -0.2) is 4.98 Å². The van der Waals surface area contributed by atoms with Gasteiger partial charge in [-0.3, -0.25) is 19.8 Å². The van der Waals surface area contributed by atoms with Crippen LogP contribution in [0.2, 0.25) is 0 Å². The molecule has 1 fully saturated rings. The van der Waals surface area contributed by atoms with Gasteiger partial charge in [0.25, 0.3) is 11.6 Å². The van der Waals surface area contributed by atoms with Crippen LogP contribution in [0.15, 0.2) is 48.5 Å². The second kappa shape index (κ2) is 11.0. The number of amides is 1. The number of pyridine rings is 1. The van der Waals surface area contributed by atoms with Gasteiger partial charge in [-0.15, -0.1) is 0 Å². The van der Waals surface area contributed by atoms with E-state index in [0.29, 0.717) is 31.6 Å². The van der Waals surface area contributed by atoms with E-state index in [2.05, 4.69) is 34.1 Å². The smallest absolute Gasteiger partial charge is 0.279 e. The van der Waals surface area contributed by atoms with Gasteiger partial charge in [0.1, 0.15) is 17.0 Å². The summed E-state index contributed by atoms with van der Waals surface area (Å²) < 4.78 is 0. The molecule has 0 saturated carbocycles. The number of aromatic hydroxyl groups is 1. The molecule has 1 aromatic heterocycles. The van der Waals surface area contributed by atoms with E-state index < -0.39 is 4.92 Å². The van der Waals surface area contributed by atoms with E-state index in [9.17, 15) is 20.0 Å². The minimum atomic E-state index is -0.508. The van der Waals surface area contributed by atoms with E-state index in [-0.39, 0.29) is 33.9 Å². The zero-order chi connectivity index (χ0) is 26.8. The molecule has 1 N–H and O–H groups in total. The molecule has 1 saturated heterocycles. The van der Waals surface area contributed by atoms with E-state index >= 15 is 0 Å². The molecule has 1 aliphatic carbocycles. The summed E-state index contributed by atoms with van der Waals surface area (Å²) in [5, 5.41) is 22.0. The van der Waals surface area contributed by atoms with Crippen LogP contribution in [-0.4, -0.2) is 88.5 Å². The molecular weight excluding hydrogens is 482 g/mol. The van der Waals surface area contributed by atoms with Crippen LogP contribution < -0.4 is 0 Å². The Hall–Kier alpha value is -3.56. The van der Waals surface area contributed by atoms with Gasteiger partial charge < -0.3 is 14.9 Å². The van der Waals surface area contributed by atoms with Gasteiger partial charge in [-0.1, -0.05) is 24.3 Å². The van der Waals surface area contributed by atoms with Crippen molar-refractivity contribution in [1.29, 1.82) is 0 Å². The van der Waals surface area contributed by atoms with Crippen molar-refractivity contribution in [1.82, 2.24) is 19.7 Å². The molecule has 2 heterocycles. The van der Waals surface area contributed by atoms with Gasteiger partial charge in [-0.05, 0) is 81.6 Å². The molecule has 38 heavy (non-hydrogen) atoms. The number of hydrogen-bond donors (Lipinski definition) is 1. The quantitative estimate of drug-likeness (QED) is 0.359. The number of nitro benzene ring substituents is 1. The number of piperidine rings is 1. The highest BCUT2D eigenvalue weighted by Gasteiger charge is 2.32. The Balaban J connectivity index is 1.33. The number of nitro groups is 1. The van der Waals surface area contributed by atoms with Gasteiger partial charge in [0.15, 0.2) is 0 Å². The highest BCUT2D eigenvalue weighted by molar-refractivity contribution is 5.98. The number of rotatable bonds is 8. The monoisotopic (exact) mass is 517 g/mol. The molecule has 9 heteroatoms. The standard InChI is InChI=1S/C29H35N5O4/c1-31(2)14-15-33(29(36)25-10-9-24-26(34(37)38)11-12-27(35)28(24)30-25)19-20-6-5-13-32(18-20)23-16-21-7-3-4-8-22(21)17-23/h3-4,7-12,20,23,35H,5-6,13-19H2,1-2H3. The van der Waals surface area contributed by atoms with Crippen molar-refractivity contribution in [2.45, 2.75) is 31.7 Å². The minimum Gasteiger partial charge on any atom is -0.506 e. The average Bonchev–Trinajstić information content (AvgIpc) is 3.35. The lowest BCUT2D eigenvalue weighted by Crippen LogP contribution is -2.48. The van der Waals surface area contributed by atoms with Gasteiger partial charge in [0.2, 0.25) is 0 Å². The molecule has 0 radical (unpaired) electrons. The van der Waals surface area contributed by atoms with Crippen LogP contribution in [-0.2, 0) is 12.8 Å². The predicted molar refractivity (Wildman–Crippen MR) is 146 cm³/mol. The molecule has 2 aliphatic rings. The summed E-state index contributed by atoms with van der Waals surface area (Å²) in [7, 11) is 3.96. The summed E-state index contributed by atoms with van der Waals surface area (Å²) in [6, 6.07) is 14.8. The average molecular weight is 518 g/mol. The van der Waals surface area contributed by atoms with E-state index in [1.54, 1.807) is 0 Å². The highest BCUT2D eigenvalue weighted by Crippen LogP contribution is 2.32. The minimum absolute atomic E-state index is 0.0715. The number of benzene rings is 2. The summed E-state index contributed by atoms with van der Waals surface area (Å²) in [5.41, 5.74) is 3.01. The second-order valence-corrected chi connectivity index (χ2v) is 10.8. The summed E-state index contributed by atoms with van der Waals surface area (Å²) in [4.78, 5) is 35.5. The molecule has 1 amide bonds. The van der Waals surface area contributed by atoms with E-state index in [0.717, 1.165) is 38.8 Å². The van der Waals surface area contributed by atoms with Gasteiger partial charge >= 0.3 is 0 Å². The van der Waals surface area contributed by atoms with Crippen LogP contribution in [0.3, 0.4) is 0 Å². The van der Waals surface area contributed by atoms with Crippen LogP contribution in [0.4, 0.5) is 5.69 Å². The Morgan fingerprint density at radius 3 is 2.53 bits per heavy atom. The molecule has 0 bridgehead atoms. The largest absolute Gasteiger partial charge is 0.506 e. The summed E-state index contributed by atoms with van der Waals surface area (Å²) in [6.07, 6.45) is 4.35. The molecule has 1 unspecified atom stereocenters. The number of hydrogen-bond acceptors (Lipinski definition) is 7. The maximum Gasteiger partial charge on any atom is 0.279 e. The fourth-order valence-electron chi connectivity index (χ4n) is 5.91. The number of phenolic OH excluding ortho intramolecular Hbond substituents is 1. The van der Waals surface area contributed by atoms with Crippen molar-refractivity contribution in [3.05, 3.63) is 75.5 Å². The summed E-state index contributed by atoms with van der Waals surface area (Å²) in [5.74, 6) is -0.0425. The molecule has 1 aliphatic heterocycles. The molecule has 2 aromatic carbocycles. The zero-order valence-corrected chi connectivity index (χ0v) is 22.0. The van der Waals surface area contributed by atoms with Crippen molar-refractivity contribution in [3.63, 3.8) is 0 Å². The first-order chi connectivity index (χ1) is 18.3. The van der Waals surface area contributed by atoms with Gasteiger partial charge in [0.05, 0.1) is 10.3 Å². The third kappa shape index (κ3) is 5.49. The number of fused-ring (bicyclic) bond motifs is 2. The number of likely N-dealkylation sites (tertiary alicyclic amines) is 1. The van der Waals surface area contributed by atoms with E-state index in [1.807, 2.05) is 23.9 Å². The lowest BCUT2D eigenvalue weighted by atomic mass is 9.95. The number of carbonyl (C=O) groups is 1. The topological polar surface area (TPSA) is 103 Å². The van der Waals surface area contributed by atoms with Crippen LogP contribution in [0.5, 0.6) is 5.75 Å². The van der Waals surface area contributed by atoms with E-state index in [1.165, 1.54) is 35.4 Å². The van der Waals surface area contributed by atoms with Crippen LogP contribution in [0.1, 0.15) is 34.5 Å². The van der Waals surface area contributed by atoms with Crippen molar-refractivity contribution >= 4 is 22.5 Å². The molecule has 200 valence electrons. The zero-order valence-electron chi connectivity index (χ0n) is 22.0. The normalized spacial score (nSPS) is 18.1.